The van der Waals surface area contributed by atoms with Crippen molar-refractivity contribution in [1.29, 1.82) is 0 Å². The van der Waals surface area contributed by atoms with Crippen LogP contribution in [0.3, 0.4) is 0 Å². The number of para-hydroxylation sites is 1. The van der Waals surface area contributed by atoms with Crippen LogP contribution in [0.2, 0.25) is 0 Å². The lowest BCUT2D eigenvalue weighted by atomic mass is 10.1. The molecule has 26 heavy (non-hydrogen) atoms. The van der Waals surface area contributed by atoms with Gasteiger partial charge in [0.1, 0.15) is 0 Å². The Labute approximate surface area is 162 Å². The smallest absolute Gasteiger partial charge is 0.216 e. The second kappa shape index (κ2) is 6.70. The molecule has 140 valence electrons. The molecular weight excluding hydrogens is 388 g/mol. The Morgan fingerprint density at radius 3 is 2.85 bits per heavy atom. The van der Waals surface area contributed by atoms with Crippen LogP contribution in [0.15, 0.2) is 24.3 Å². The summed E-state index contributed by atoms with van der Waals surface area (Å²) in [6.07, 6.45) is 0.688. The zero-order valence-electron chi connectivity index (χ0n) is 14.8. The Hall–Kier alpha value is -1.29. The normalized spacial score (nSPS) is 20.1. The molecule has 0 N–H and O–H groups in total. The van der Waals surface area contributed by atoms with E-state index in [9.17, 15) is 8.42 Å². The third-order valence-corrected chi connectivity index (χ3v) is 7.91. The largest absolute Gasteiger partial charge is 0.280 e. The molecular formula is C17H22N4O2S3. The molecule has 1 unspecified atom stereocenters. The molecule has 1 aliphatic heterocycles. The number of hydrogen-bond acceptors (Lipinski definition) is 6. The molecule has 2 aromatic heterocycles. The van der Waals surface area contributed by atoms with Crippen LogP contribution in [0.5, 0.6) is 0 Å². The van der Waals surface area contributed by atoms with Crippen molar-refractivity contribution in [2.45, 2.75) is 33.0 Å². The molecule has 1 saturated heterocycles. The van der Waals surface area contributed by atoms with Crippen LogP contribution in [0.25, 0.3) is 15.2 Å². The van der Waals surface area contributed by atoms with E-state index in [1.807, 2.05) is 21.2 Å². The third kappa shape index (κ3) is 3.33. The molecule has 3 aromatic rings. The fourth-order valence-corrected chi connectivity index (χ4v) is 6.73. The number of aromatic nitrogens is 3. The molecule has 9 heteroatoms. The van der Waals surface area contributed by atoms with Crippen LogP contribution in [0.1, 0.15) is 20.3 Å². The van der Waals surface area contributed by atoms with Gasteiger partial charge < -0.3 is 0 Å². The van der Waals surface area contributed by atoms with E-state index in [4.69, 9.17) is 17.3 Å². The van der Waals surface area contributed by atoms with Gasteiger partial charge in [-0.05, 0) is 36.7 Å². The number of hydrogen-bond donors (Lipinski definition) is 0. The van der Waals surface area contributed by atoms with E-state index in [0.717, 1.165) is 21.7 Å². The summed E-state index contributed by atoms with van der Waals surface area (Å²) >= 11 is 7.30. The number of sulfone groups is 1. The Bertz CT molecular complexity index is 1110. The van der Waals surface area contributed by atoms with Crippen molar-refractivity contribution >= 4 is 48.6 Å². The first-order chi connectivity index (χ1) is 12.3. The van der Waals surface area contributed by atoms with Gasteiger partial charge in [-0.2, -0.15) is 0 Å². The quantitative estimate of drug-likeness (QED) is 0.605. The summed E-state index contributed by atoms with van der Waals surface area (Å²) in [5, 5.41) is 4.71. The van der Waals surface area contributed by atoms with E-state index in [2.05, 4.69) is 30.9 Å². The average Bonchev–Trinajstić information content (AvgIpc) is 3.20. The van der Waals surface area contributed by atoms with Gasteiger partial charge >= 0.3 is 0 Å². The first-order valence-electron chi connectivity index (χ1n) is 8.75. The molecule has 1 fully saturated rings. The van der Waals surface area contributed by atoms with Gasteiger partial charge in [-0.3, -0.25) is 9.30 Å². The van der Waals surface area contributed by atoms with Crippen LogP contribution in [0, 0.1) is 10.7 Å². The Morgan fingerprint density at radius 2 is 2.15 bits per heavy atom. The molecule has 4 rings (SSSR count). The van der Waals surface area contributed by atoms with Crippen molar-refractivity contribution in [3.05, 3.63) is 29.0 Å². The van der Waals surface area contributed by atoms with Gasteiger partial charge in [0.15, 0.2) is 9.84 Å². The molecule has 3 heterocycles. The number of thiazole rings is 1. The third-order valence-electron chi connectivity index (χ3n) is 4.76. The number of benzene rings is 1. The van der Waals surface area contributed by atoms with E-state index in [0.29, 0.717) is 23.8 Å². The van der Waals surface area contributed by atoms with E-state index in [1.165, 1.54) is 0 Å². The second-order valence-corrected chi connectivity index (χ2v) is 10.9. The van der Waals surface area contributed by atoms with Crippen molar-refractivity contribution in [2.75, 3.05) is 18.1 Å². The fraction of sp³-hybridized carbons (Fsp3) is 0.529. The lowest BCUT2D eigenvalue weighted by Crippen LogP contribution is -2.40. The first kappa shape index (κ1) is 18.1. The Kier molecular flexibility index (Phi) is 4.66. The van der Waals surface area contributed by atoms with Gasteiger partial charge in [0, 0.05) is 12.6 Å². The van der Waals surface area contributed by atoms with E-state index < -0.39 is 9.84 Å². The highest BCUT2D eigenvalue weighted by Gasteiger charge is 2.33. The molecule has 0 radical (unpaired) electrons. The maximum atomic E-state index is 11.9. The SMILES string of the molecule is CC(C)CN(Cn1nc2sc3ccccc3n2c1=S)C1CCS(=O)(=O)C1. The first-order valence-corrected chi connectivity index (χ1v) is 11.8. The van der Waals surface area contributed by atoms with E-state index in [-0.39, 0.29) is 17.5 Å². The average molecular weight is 411 g/mol. The molecule has 0 bridgehead atoms. The lowest BCUT2D eigenvalue weighted by molar-refractivity contribution is 0.137. The van der Waals surface area contributed by atoms with Crippen molar-refractivity contribution in [3.63, 3.8) is 0 Å². The van der Waals surface area contributed by atoms with Crippen LogP contribution in [0.4, 0.5) is 0 Å². The van der Waals surface area contributed by atoms with E-state index >= 15 is 0 Å². The minimum absolute atomic E-state index is 0.0424. The minimum Gasteiger partial charge on any atom is -0.280 e. The van der Waals surface area contributed by atoms with Gasteiger partial charge in [0.05, 0.1) is 28.4 Å². The molecule has 1 aliphatic rings. The summed E-state index contributed by atoms with van der Waals surface area (Å²) in [4.78, 5) is 3.10. The second-order valence-electron chi connectivity index (χ2n) is 7.33. The zero-order chi connectivity index (χ0) is 18.5. The topological polar surface area (TPSA) is 59.6 Å². The van der Waals surface area contributed by atoms with Crippen molar-refractivity contribution in [1.82, 2.24) is 19.1 Å². The van der Waals surface area contributed by atoms with Gasteiger partial charge in [0.25, 0.3) is 0 Å². The molecule has 1 aromatic carbocycles. The van der Waals surface area contributed by atoms with Gasteiger partial charge in [-0.25, -0.2) is 13.1 Å². The van der Waals surface area contributed by atoms with Crippen molar-refractivity contribution in [3.8, 4) is 0 Å². The van der Waals surface area contributed by atoms with Gasteiger partial charge in [-0.15, -0.1) is 5.10 Å². The highest BCUT2D eigenvalue weighted by molar-refractivity contribution is 7.91. The molecule has 0 amide bonds. The van der Waals surface area contributed by atoms with Gasteiger partial charge in [-0.1, -0.05) is 37.3 Å². The van der Waals surface area contributed by atoms with Crippen LogP contribution < -0.4 is 0 Å². The highest BCUT2D eigenvalue weighted by atomic mass is 32.2. The highest BCUT2D eigenvalue weighted by Crippen LogP contribution is 2.26. The summed E-state index contributed by atoms with van der Waals surface area (Å²) < 4.78 is 29.5. The molecule has 6 nitrogen and oxygen atoms in total. The zero-order valence-corrected chi connectivity index (χ0v) is 17.3. The Balaban J connectivity index is 1.69. The van der Waals surface area contributed by atoms with Crippen LogP contribution >= 0.6 is 23.6 Å². The predicted octanol–water partition coefficient (Wildman–Crippen LogP) is 3.18. The molecule has 0 aliphatic carbocycles. The summed E-state index contributed by atoms with van der Waals surface area (Å²) in [6, 6.07) is 8.18. The molecule has 0 spiro atoms. The van der Waals surface area contributed by atoms with Crippen LogP contribution in [-0.2, 0) is 16.5 Å². The van der Waals surface area contributed by atoms with E-state index in [1.54, 1.807) is 11.3 Å². The molecule has 0 saturated carbocycles. The monoisotopic (exact) mass is 410 g/mol. The maximum absolute atomic E-state index is 11.9. The van der Waals surface area contributed by atoms with Gasteiger partial charge in [0.2, 0.25) is 9.73 Å². The standard InChI is InChI=1S/C17H22N4O2S3/c1-12(2)9-19(13-7-8-26(22,23)10-13)11-20-17(24)21-14-5-3-4-6-15(14)25-16(21)18-20/h3-6,12-13H,7-11H2,1-2H3. The predicted molar refractivity (Wildman–Crippen MR) is 108 cm³/mol. The summed E-state index contributed by atoms with van der Waals surface area (Å²) in [7, 11) is -2.92. The fourth-order valence-electron chi connectivity index (χ4n) is 3.61. The summed E-state index contributed by atoms with van der Waals surface area (Å²) in [5.74, 6) is 0.954. The Morgan fingerprint density at radius 1 is 1.38 bits per heavy atom. The lowest BCUT2D eigenvalue weighted by Gasteiger charge is -2.29. The number of fused-ring (bicyclic) bond motifs is 3. The minimum atomic E-state index is -2.92. The van der Waals surface area contributed by atoms with Crippen molar-refractivity contribution in [2.24, 2.45) is 5.92 Å². The summed E-state index contributed by atoms with van der Waals surface area (Å²) in [6.45, 7) is 5.65. The van der Waals surface area contributed by atoms with Crippen molar-refractivity contribution < 1.29 is 8.42 Å². The summed E-state index contributed by atoms with van der Waals surface area (Å²) in [5.41, 5.74) is 1.07. The number of nitrogens with zero attached hydrogens (tertiary/aromatic N) is 4. The molecule has 1 atom stereocenters. The number of rotatable bonds is 5. The van der Waals surface area contributed by atoms with Crippen LogP contribution in [-0.4, -0.2) is 51.6 Å². The maximum Gasteiger partial charge on any atom is 0.216 e.